The maximum absolute atomic E-state index is 12.0. The van der Waals surface area contributed by atoms with Crippen molar-refractivity contribution < 1.29 is 4.79 Å². The number of benzene rings is 1. The second-order valence-electron chi connectivity index (χ2n) is 3.70. The number of anilines is 1. The molecule has 0 aliphatic rings. The zero-order valence-corrected chi connectivity index (χ0v) is 10.1. The van der Waals surface area contributed by atoms with E-state index in [2.05, 4.69) is 15.3 Å². The lowest BCUT2D eigenvalue weighted by Crippen LogP contribution is -2.11. The van der Waals surface area contributed by atoms with Crippen molar-refractivity contribution in [2.24, 2.45) is 0 Å². The average Bonchev–Trinajstić information content (AvgIpc) is 2.91. The van der Waals surface area contributed by atoms with Crippen LogP contribution in [0.5, 0.6) is 0 Å². The van der Waals surface area contributed by atoms with Crippen LogP contribution in [0, 0.1) is 0 Å². The molecule has 0 bridgehead atoms. The SMILES string of the molecule is O=C(Nc1nccs1)c1ccc2ncccc2c1. The Balaban J connectivity index is 1.92. The van der Waals surface area contributed by atoms with Crippen molar-refractivity contribution in [3.63, 3.8) is 0 Å². The largest absolute Gasteiger partial charge is 0.298 e. The normalized spacial score (nSPS) is 10.4. The summed E-state index contributed by atoms with van der Waals surface area (Å²) in [7, 11) is 0. The van der Waals surface area contributed by atoms with Gasteiger partial charge in [-0.2, -0.15) is 0 Å². The maximum Gasteiger partial charge on any atom is 0.257 e. The van der Waals surface area contributed by atoms with Gasteiger partial charge < -0.3 is 0 Å². The van der Waals surface area contributed by atoms with Crippen LogP contribution < -0.4 is 5.32 Å². The van der Waals surface area contributed by atoms with E-state index in [4.69, 9.17) is 0 Å². The van der Waals surface area contributed by atoms with Crippen molar-refractivity contribution >= 4 is 33.3 Å². The van der Waals surface area contributed by atoms with Gasteiger partial charge in [0.05, 0.1) is 5.52 Å². The Kier molecular flexibility index (Phi) is 2.74. The number of carbonyl (C=O) groups excluding carboxylic acids is 1. The third kappa shape index (κ3) is 2.08. The molecule has 2 aromatic heterocycles. The molecule has 1 aromatic carbocycles. The molecule has 0 aliphatic heterocycles. The first-order valence-electron chi connectivity index (χ1n) is 5.38. The molecule has 0 aliphatic carbocycles. The second kappa shape index (κ2) is 4.54. The van der Waals surface area contributed by atoms with Gasteiger partial charge >= 0.3 is 0 Å². The van der Waals surface area contributed by atoms with E-state index in [0.29, 0.717) is 10.7 Å². The number of hydrogen-bond acceptors (Lipinski definition) is 4. The predicted molar refractivity (Wildman–Crippen MR) is 71.8 cm³/mol. The third-order valence-electron chi connectivity index (χ3n) is 2.52. The van der Waals surface area contributed by atoms with Crippen LogP contribution in [-0.4, -0.2) is 15.9 Å². The van der Waals surface area contributed by atoms with Crippen LogP contribution in [0.2, 0.25) is 0 Å². The van der Waals surface area contributed by atoms with E-state index in [1.54, 1.807) is 18.5 Å². The van der Waals surface area contributed by atoms with E-state index < -0.39 is 0 Å². The summed E-state index contributed by atoms with van der Waals surface area (Å²) in [5.41, 5.74) is 1.48. The smallest absolute Gasteiger partial charge is 0.257 e. The number of aromatic nitrogens is 2. The molecule has 5 heteroatoms. The summed E-state index contributed by atoms with van der Waals surface area (Å²) in [5, 5.41) is 6.12. The monoisotopic (exact) mass is 255 g/mol. The molecule has 4 nitrogen and oxygen atoms in total. The number of hydrogen-bond donors (Lipinski definition) is 1. The van der Waals surface area contributed by atoms with Gasteiger partial charge in [-0.25, -0.2) is 4.98 Å². The summed E-state index contributed by atoms with van der Waals surface area (Å²) >= 11 is 1.39. The Morgan fingerprint density at radius 3 is 2.94 bits per heavy atom. The van der Waals surface area contributed by atoms with E-state index in [-0.39, 0.29) is 5.91 Å². The molecule has 0 saturated heterocycles. The minimum Gasteiger partial charge on any atom is -0.298 e. The summed E-state index contributed by atoms with van der Waals surface area (Å²) < 4.78 is 0. The number of thiazole rings is 1. The second-order valence-corrected chi connectivity index (χ2v) is 4.60. The van der Waals surface area contributed by atoms with Gasteiger partial charge in [-0.05, 0) is 24.3 Å². The van der Waals surface area contributed by atoms with E-state index >= 15 is 0 Å². The molecule has 3 aromatic rings. The topological polar surface area (TPSA) is 54.9 Å². The van der Waals surface area contributed by atoms with Gasteiger partial charge in [-0.15, -0.1) is 11.3 Å². The number of nitrogens with one attached hydrogen (secondary N) is 1. The molecule has 3 rings (SSSR count). The standard InChI is InChI=1S/C13H9N3OS/c17-12(16-13-15-6-7-18-13)10-3-4-11-9(8-10)2-1-5-14-11/h1-8H,(H,15,16,17). The van der Waals surface area contributed by atoms with Gasteiger partial charge in [0.1, 0.15) is 0 Å². The highest BCUT2D eigenvalue weighted by molar-refractivity contribution is 7.13. The first-order valence-corrected chi connectivity index (χ1v) is 6.26. The lowest BCUT2D eigenvalue weighted by Gasteiger charge is -2.03. The summed E-state index contributed by atoms with van der Waals surface area (Å²) in [6.45, 7) is 0. The van der Waals surface area contributed by atoms with Crippen molar-refractivity contribution in [1.29, 1.82) is 0 Å². The quantitative estimate of drug-likeness (QED) is 0.766. The molecule has 0 fully saturated rings. The molecule has 18 heavy (non-hydrogen) atoms. The Bertz CT molecular complexity index is 694. The van der Waals surface area contributed by atoms with Crippen LogP contribution >= 0.6 is 11.3 Å². The lowest BCUT2D eigenvalue weighted by atomic mass is 10.1. The van der Waals surface area contributed by atoms with Crippen LogP contribution in [0.3, 0.4) is 0 Å². The summed E-state index contributed by atoms with van der Waals surface area (Å²) in [6, 6.07) is 9.21. The van der Waals surface area contributed by atoms with Crippen LogP contribution in [0.1, 0.15) is 10.4 Å². The van der Waals surface area contributed by atoms with Crippen molar-refractivity contribution in [1.82, 2.24) is 9.97 Å². The highest BCUT2D eigenvalue weighted by Crippen LogP contribution is 2.16. The predicted octanol–water partition coefficient (Wildman–Crippen LogP) is 2.94. The molecule has 2 heterocycles. The van der Waals surface area contributed by atoms with Crippen LogP contribution in [0.4, 0.5) is 5.13 Å². The van der Waals surface area contributed by atoms with Gasteiger partial charge in [0.15, 0.2) is 5.13 Å². The van der Waals surface area contributed by atoms with Crippen molar-refractivity contribution in [2.75, 3.05) is 5.32 Å². The highest BCUT2D eigenvalue weighted by Gasteiger charge is 2.08. The fourth-order valence-corrected chi connectivity index (χ4v) is 2.20. The lowest BCUT2D eigenvalue weighted by molar-refractivity contribution is 0.102. The molecule has 88 valence electrons. The van der Waals surface area contributed by atoms with Gasteiger partial charge in [0.25, 0.3) is 5.91 Å². The van der Waals surface area contributed by atoms with Crippen molar-refractivity contribution in [3.8, 4) is 0 Å². The molecule has 0 unspecified atom stereocenters. The van der Waals surface area contributed by atoms with E-state index in [0.717, 1.165) is 10.9 Å². The zero-order chi connectivity index (χ0) is 12.4. The molecule has 1 amide bonds. The number of pyridine rings is 1. The minimum absolute atomic E-state index is 0.157. The van der Waals surface area contributed by atoms with E-state index in [9.17, 15) is 4.79 Å². The fourth-order valence-electron chi connectivity index (χ4n) is 1.67. The van der Waals surface area contributed by atoms with Gasteiger partial charge in [0, 0.05) is 28.7 Å². The molecule has 0 spiro atoms. The van der Waals surface area contributed by atoms with Crippen LogP contribution in [0.15, 0.2) is 48.1 Å². The van der Waals surface area contributed by atoms with Crippen LogP contribution in [0.25, 0.3) is 10.9 Å². The number of amides is 1. The fraction of sp³-hybridized carbons (Fsp3) is 0. The average molecular weight is 255 g/mol. The number of fused-ring (bicyclic) bond motifs is 1. The highest BCUT2D eigenvalue weighted by atomic mass is 32.1. The first-order chi connectivity index (χ1) is 8.83. The molecular formula is C13H9N3OS. The molecular weight excluding hydrogens is 246 g/mol. The molecule has 0 atom stereocenters. The number of rotatable bonds is 2. The van der Waals surface area contributed by atoms with Crippen molar-refractivity contribution in [2.45, 2.75) is 0 Å². The van der Waals surface area contributed by atoms with E-state index in [1.165, 1.54) is 11.3 Å². The Morgan fingerprint density at radius 1 is 1.17 bits per heavy atom. The Labute approximate surface area is 107 Å². The minimum atomic E-state index is -0.157. The maximum atomic E-state index is 12.0. The van der Waals surface area contributed by atoms with Gasteiger partial charge in [-0.1, -0.05) is 6.07 Å². The van der Waals surface area contributed by atoms with Crippen LogP contribution in [-0.2, 0) is 0 Å². The Morgan fingerprint density at radius 2 is 2.11 bits per heavy atom. The van der Waals surface area contributed by atoms with E-state index in [1.807, 2.05) is 29.6 Å². The third-order valence-corrected chi connectivity index (χ3v) is 3.21. The summed E-state index contributed by atoms with van der Waals surface area (Å²) in [4.78, 5) is 20.2. The first kappa shape index (κ1) is 10.9. The zero-order valence-electron chi connectivity index (χ0n) is 9.33. The van der Waals surface area contributed by atoms with Gasteiger partial charge in [-0.3, -0.25) is 15.1 Å². The number of nitrogens with zero attached hydrogens (tertiary/aromatic N) is 2. The Hall–Kier alpha value is -2.27. The van der Waals surface area contributed by atoms with Crippen molar-refractivity contribution in [3.05, 3.63) is 53.7 Å². The molecule has 0 radical (unpaired) electrons. The molecule has 1 N–H and O–H groups in total. The summed E-state index contributed by atoms with van der Waals surface area (Å²) in [6.07, 6.45) is 3.39. The summed E-state index contributed by atoms with van der Waals surface area (Å²) in [5.74, 6) is -0.157. The molecule has 0 saturated carbocycles. The van der Waals surface area contributed by atoms with Gasteiger partial charge in [0.2, 0.25) is 0 Å². The number of carbonyl (C=O) groups is 1.